The average Bonchev–Trinajstić information content (AvgIpc) is 2.94. The molecule has 1 fully saturated rings. The second-order valence-electron chi connectivity index (χ2n) is 4.39. The third-order valence-corrected chi connectivity index (χ3v) is 3.74. The number of thiazole rings is 1. The van der Waals surface area contributed by atoms with Crippen LogP contribution in [0, 0.1) is 5.82 Å². The van der Waals surface area contributed by atoms with Crippen LogP contribution < -0.4 is 5.32 Å². The van der Waals surface area contributed by atoms with Gasteiger partial charge in [0.15, 0.2) is 0 Å². The number of benzene rings is 1. The highest BCUT2D eigenvalue weighted by molar-refractivity contribution is 7.07. The van der Waals surface area contributed by atoms with Crippen LogP contribution in [0.2, 0.25) is 0 Å². The van der Waals surface area contributed by atoms with Gasteiger partial charge in [-0.3, -0.25) is 4.79 Å². The van der Waals surface area contributed by atoms with Gasteiger partial charge in [0.1, 0.15) is 11.5 Å². The van der Waals surface area contributed by atoms with Crippen molar-refractivity contribution in [3.05, 3.63) is 52.2 Å². The smallest absolute Gasteiger partial charge is 0.271 e. The fourth-order valence-corrected chi connectivity index (χ4v) is 2.57. The third kappa shape index (κ3) is 1.90. The first-order chi connectivity index (χ1) is 8.71. The summed E-state index contributed by atoms with van der Waals surface area (Å²) in [5.74, 6) is -0.509. The van der Waals surface area contributed by atoms with Gasteiger partial charge in [0.25, 0.3) is 5.91 Å². The SMILES string of the molecule is O=C(NC1(c2ccccc2F)CC1)c1cscn1. The van der Waals surface area contributed by atoms with Crippen LogP contribution in [-0.2, 0) is 5.54 Å². The number of hydrogen-bond donors (Lipinski definition) is 1. The van der Waals surface area contributed by atoms with Gasteiger partial charge in [0.2, 0.25) is 0 Å². The Hall–Kier alpha value is -1.75. The lowest BCUT2D eigenvalue weighted by Gasteiger charge is -2.17. The van der Waals surface area contributed by atoms with E-state index in [-0.39, 0.29) is 11.7 Å². The van der Waals surface area contributed by atoms with Crippen molar-refractivity contribution in [1.29, 1.82) is 0 Å². The maximum Gasteiger partial charge on any atom is 0.271 e. The Morgan fingerprint density at radius 2 is 2.17 bits per heavy atom. The fraction of sp³-hybridized carbons (Fsp3) is 0.231. The predicted molar refractivity (Wildman–Crippen MR) is 66.9 cm³/mol. The van der Waals surface area contributed by atoms with Crippen molar-refractivity contribution in [3.63, 3.8) is 0 Å². The normalized spacial score (nSPS) is 16.3. The quantitative estimate of drug-likeness (QED) is 0.924. The largest absolute Gasteiger partial charge is 0.341 e. The molecule has 1 aliphatic carbocycles. The lowest BCUT2D eigenvalue weighted by Crippen LogP contribution is -2.35. The van der Waals surface area contributed by atoms with Crippen LogP contribution in [0.5, 0.6) is 0 Å². The van der Waals surface area contributed by atoms with Gasteiger partial charge < -0.3 is 5.32 Å². The first-order valence-electron chi connectivity index (χ1n) is 5.67. The molecule has 1 amide bonds. The van der Waals surface area contributed by atoms with Crippen molar-refractivity contribution in [1.82, 2.24) is 10.3 Å². The van der Waals surface area contributed by atoms with E-state index in [2.05, 4.69) is 10.3 Å². The van der Waals surface area contributed by atoms with Crippen LogP contribution in [0.25, 0.3) is 0 Å². The molecule has 0 spiro atoms. The molecule has 0 saturated heterocycles. The first kappa shape index (κ1) is 11.3. The number of halogens is 1. The van der Waals surface area contributed by atoms with E-state index in [1.54, 1.807) is 29.1 Å². The Morgan fingerprint density at radius 3 is 2.78 bits per heavy atom. The second kappa shape index (κ2) is 4.17. The minimum absolute atomic E-state index is 0.239. The van der Waals surface area contributed by atoms with E-state index in [4.69, 9.17) is 0 Å². The Bertz CT molecular complexity index is 578. The molecule has 3 rings (SSSR count). The molecular formula is C13H11FN2OS. The van der Waals surface area contributed by atoms with E-state index in [9.17, 15) is 9.18 Å². The lowest BCUT2D eigenvalue weighted by atomic mass is 10.0. The zero-order valence-corrected chi connectivity index (χ0v) is 10.3. The highest BCUT2D eigenvalue weighted by atomic mass is 32.1. The molecule has 1 aromatic heterocycles. The first-order valence-corrected chi connectivity index (χ1v) is 6.61. The second-order valence-corrected chi connectivity index (χ2v) is 5.11. The van der Waals surface area contributed by atoms with Crippen LogP contribution in [0.15, 0.2) is 35.2 Å². The summed E-state index contributed by atoms with van der Waals surface area (Å²) in [7, 11) is 0. The van der Waals surface area contributed by atoms with Crippen LogP contribution in [0.1, 0.15) is 28.9 Å². The van der Waals surface area contributed by atoms with Crippen molar-refractivity contribution >= 4 is 17.2 Å². The highest BCUT2D eigenvalue weighted by Crippen LogP contribution is 2.46. The molecule has 5 heteroatoms. The number of hydrogen-bond acceptors (Lipinski definition) is 3. The maximum absolute atomic E-state index is 13.8. The monoisotopic (exact) mass is 262 g/mol. The molecule has 0 unspecified atom stereocenters. The van der Waals surface area contributed by atoms with Gasteiger partial charge in [-0.15, -0.1) is 11.3 Å². The van der Waals surface area contributed by atoms with E-state index in [0.29, 0.717) is 11.3 Å². The molecule has 18 heavy (non-hydrogen) atoms. The van der Waals surface area contributed by atoms with E-state index in [0.717, 1.165) is 12.8 Å². The molecule has 3 nitrogen and oxygen atoms in total. The van der Waals surface area contributed by atoms with E-state index >= 15 is 0 Å². The Kier molecular flexibility index (Phi) is 2.63. The molecular weight excluding hydrogens is 251 g/mol. The summed E-state index contributed by atoms with van der Waals surface area (Å²) in [4.78, 5) is 15.9. The number of carbonyl (C=O) groups excluding carboxylic acids is 1. The molecule has 0 bridgehead atoms. The van der Waals surface area contributed by atoms with E-state index in [1.807, 2.05) is 0 Å². The van der Waals surface area contributed by atoms with Crippen molar-refractivity contribution < 1.29 is 9.18 Å². The van der Waals surface area contributed by atoms with Gasteiger partial charge in [-0.05, 0) is 18.9 Å². The minimum Gasteiger partial charge on any atom is -0.341 e. The van der Waals surface area contributed by atoms with Gasteiger partial charge in [-0.2, -0.15) is 0 Å². The summed E-state index contributed by atoms with van der Waals surface area (Å²) >= 11 is 1.37. The van der Waals surface area contributed by atoms with E-state index < -0.39 is 5.54 Å². The molecule has 2 aromatic rings. The predicted octanol–water partition coefficient (Wildman–Crippen LogP) is 2.70. The molecule has 92 valence electrons. The van der Waals surface area contributed by atoms with Crippen molar-refractivity contribution in [2.24, 2.45) is 0 Å². The van der Waals surface area contributed by atoms with Crippen molar-refractivity contribution in [3.8, 4) is 0 Å². The summed E-state index contributed by atoms with van der Waals surface area (Å²) in [6.07, 6.45) is 1.54. The zero-order chi connectivity index (χ0) is 12.6. The van der Waals surface area contributed by atoms with Crippen LogP contribution in [0.4, 0.5) is 4.39 Å². The molecule has 1 heterocycles. The number of carbonyl (C=O) groups is 1. The van der Waals surface area contributed by atoms with Crippen molar-refractivity contribution in [2.75, 3.05) is 0 Å². The summed E-state index contributed by atoms with van der Waals surface area (Å²) in [6, 6.07) is 6.58. The molecule has 0 radical (unpaired) electrons. The number of nitrogens with zero attached hydrogens (tertiary/aromatic N) is 1. The maximum atomic E-state index is 13.8. The fourth-order valence-electron chi connectivity index (χ4n) is 2.04. The van der Waals surface area contributed by atoms with E-state index in [1.165, 1.54) is 17.4 Å². The summed E-state index contributed by atoms with van der Waals surface area (Å²) in [6.45, 7) is 0. The Labute approximate surface area is 108 Å². The average molecular weight is 262 g/mol. The summed E-state index contributed by atoms with van der Waals surface area (Å²) in [5.41, 5.74) is 2.03. The summed E-state index contributed by atoms with van der Waals surface area (Å²) in [5, 5.41) is 4.58. The topological polar surface area (TPSA) is 42.0 Å². The standard InChI is InChI=1S/C13H11FN2OS/c14-10-4-2-1-3-9(10)13(5-6-13)16-12(17)11-7-18-8-15-11/h1-4,7-8H,5-6H2,(H,16,17). The minimum atomic E-state index is -0.536. The molecule has 0 atom stereocenters. The number of amides is 1. The van der Waals surface area contributed by atoms with Crippen LogP contribution in [0.3, 0.4) is 0 Å². The highest BCUT2D eigenvalue weighted by Gasteiger charge is 2.47. The molecule has 1 saturated carbocycles. The molecule has 1 aliphatic rings. The Balaban J connectivity index is 1.85. The number of rotatable bonds is 3. The van der Waals surface area contributed by atoms with Gasteiger partial charge in [-0.25, -0.2) is 9.37 Å². The third-order valence-electron chi connectivity index (χ3n) is 3.16. The van der Waals surface area contributed by atoms with Gasteiger partial charge in [0, 0.05) is 10.9 Å². The van der Waals surface area contributed by atoms with Gasteiger partial charge in [-0.1, -0.05) is 18.2 Å². The van der Waals surface area contributed by atoms with Gasteiger partial charge >= 0.3 is 0 Å². The molecule has 0 aliphatic heterocycles. The molecule has 1 aromatic carbocycles. The van der Waals surface area contributed by atoms with Crippen LogP contribution in [-0.4, -0.2) is 10.9 Å². The van der Waals surface area contributed by atoms with Gasteiger partial charge in [0.05, 0.1) is 11.0 Å². The Morgan fingerprint density at radius 1 is 1.39 bits per heavy atom. The van der Waals surface area contributed by atoms with Crippen LogP contribution >= 0.6 is 11.3 Å². The summed E-state index contributed by atoms with van der Waals surface area (Å²) < 4.78 is 13.8. The van der Waals surface area contributed by atoms with Crippen molar-refractivity contribution in [2.45, 2.75) is 18.4 Å². The lowest BCUT2D eigenvalue weighted by molar-refractivity contribution is 0.0925. The molecule has 1 N–H and O–H groups in total. The number of nitrogens with one attached hydrogen (secondary N) is 1. The number of aromatic nitrogens is 1. The zero-order valence-electron chi connectivity index (χ0n) is 9.52.